The molecule has 10 heteroatoms. The standard InChI is InChI=1S/C20H25BrO9/c1-9-17(28-10(2)22)19(29-11(3)23)20(30-12(4)24)18(27-9)13-7-14(21)16(26-6)8-15(13)25-5/h7-9,17-20H,1-6H3/t9-,17+,18+,19+,20+/m0/s1. The van der Waals surface area contributed by atoms with E-state index >= 15 is 0 Å². The van der Waals surface area contributed by atoms with E-state index in [1.54, 1.807) is 19.1 Å². The van der Waals surface area contributed by atoms with Crippen molar-refractivity contribution in [3.63, 3.8) is 0 Å². The highest BCUT2D eigenvalue weighted by Gasteiger charge is 2.51. The van der Waals surface area contributed by atoms with E-state index < -0.39 is 48.4 Å². The predicted molar refractivity (Wildman–Crippen MR) is 107 cm³/mol. The molecule has 0 spiro atoms. The lowest BCUT2D eigenvalue weighted by atomic mass is 9.90. The molecule has 1 aliphatic heterocycles. The highest BCUT2D eigenvalue weighted by molar-refractivity contribution is 9.10. The smallest absolute Gasteiger partial charge is 0.303 e. The van der Waals surface area contributed by atoms with Crippen LogP contribution in [0.5, 0.6) is 11.5 Å². The van der Waals surface area contributed by atoms with Crippen LogP contribution in [-0.2, 0) is 33.3 Å². The Morgan fingerprint density at radius 2 is 1.33 bits per heavy atom. The third-order valence-electron chi connectivity index (χ3n) is 4.49. The highest BCUT2D eigenvalue weighted by Crippen LogP contribution is 2.43. The van der Waals surface area contributed by atoms with Crippen LogP contribution in [-0.4, -0.2) is 56.5 Å². The molecule has 5 atom stereocenters. The number of rotatable bonds is 6. The van der Waals surface area contributed by atoms with E-state index in [1.165, 1.54) is 35.0 Å². The molecule has 0 aromatic heterocycles. The fraction of sp³-hybridized carbons (Fsp3) is 0.550. The molecule has 1 aliphatic rings. The largest absolute Gasteiger partial charge is 0.496 e. The summed E-state index contributed by atoms with van der Waals surface area (Å²) >= 11 is 3.42. The van der Waals surface area contributed by atoms with Crippen LogP contribution >= 0.6 is 15.9 Å². The summed E-state index contributed by atoms with van der Waals surface area (Å²) in [5.41, 5.74) is 0.529. The summed E-state index contributed by atoms with van der Waals surface area (Å²) in [4.78, 5) is 35.3. The van der Waals surface area contributed by atoms with Gasteiger partial charge in [-0.05, 0) is 28.9 Å². The molecule has 0 amide bonds. The molecule has 166 valence electrons. The van der Waals surface area contributed by atoms with E-state index in [1.807, 2.05) is 0 Å². The summed E-state index contributed by atoms with van der Waals surface area (Å²) in [6, 6.07) is 3.36. The molecular weight excluding hydrogens is 464 g/mol. The van der Waals surface area contributed by atoms with Gasteiger partial charge in [0.25, 0.3) is 0 Å². The second kappa shape index (κ2) is 10.1. The number of halogens is 1. The molecule has 1 fully saturated rings. The zero-order valence-corrected chi connectivity index (χ0v) is 19.2. The lowest BCUT2D eigenvalue weighted by Gasteiger charge is -2.44. The van der Waals surface area contributed by atoms with Crippen molar-refractivity contribution in [1.82, 2.24) is 0 Å². The van der Waals surface area contributed by atoms with E-state index in [0.717, 1.165) is 0 Å². The molecule has 2 rings (SSSR count). The average Bonchev–Trinajstić information content (AvgIpc) is 2.65. The molecular formula is C20H25BrO9. The van der Waals surface area contributed by atoms with Crippen molar-refractivity contribution in [2.75, 3.05) is 14.2 Å². The van der Waals surface area contributed by atoms with Crippen molar-refractivity contribution in [2.24, 2.45) is 0 Å². The molecule has 0 saturated carbocycles. The lowest BCUT2D eigenvalue weighted by molar-refractivity contribution is -0.245. The van der Waals surface area contributed by atoms with Gasteiger partial charge in [0.15, 0.2) is 18.3 Å². The van der Waals surface area contributed by atoms with Crippen LogP contribution in [0.1, 0.15) is 39.4 Å². The van der Waals surface area contributed by atoms with Crippen molar-refractivity contribution in [2.45, 2.75) is 58.2 Å². The number of ether oxygens (including phenoxy) is 6. The van der Waals surface area contributed by atoms with Gasteiger partial charge in [0.05, 0.1) is 24.8 Å². The minimum atomic E-state index is -1.10. The van der Waals surface area contributed by atoms with Gasteiger partial charge in [0, 0.05) is 32.4 Å². The van der Waals surface area contributed by atoms with E-state index in [-0.39, 0.29) is 0 Å². The zero-order valence-electron chi connectivity index (χ0n) is 17.6. The normalized spacial score (nSPS) is 25.8. The maximum Gasteiger partial charge on any atom is 0.303 e. The molecule has 1 aromatic carbocycles. The molecule has 0 radical (unpaired) electrons. The molecule has 0 bridgehead atoms. The van der Waals surface area contributed by atoms with Crippen LogP contribution in [0.15, 0.2) is 16.6 Å². The quantitative estimate of drug-likeness (QED) is 0.441. The van der Waals surface area contributed by atoms with Crippen molar-refractivity contribution in [3.8, 4) is 11.5 Å². The summed E-state index contributed by atoms with van der Waals surface area (Å²) in [5.74, 6) is -0.884. The summed E-state index contributed by atoms with van der Waals surface area (Å²) in [5, 5.41) is 0. The van der Waals surface area contributed by atoms with Crippen LogP contribution in [0.2, 0.25) is 0 Å². The Labute approximate surface area is 183 Å². The van der Waals surface area contributed by atoms with Crippen molar-refractivity contribution in [1.29, 1.82) is 0 Å². The van der Waals surface area contributed by atoms with Crippen molar-refractivity contribution >= 4 is 33.8 Å². The Kier molecular flexibility index (Phi) is 8.08. The minimum absolute atomic E-state index is 0.414. The number of benzene rings is 1. The maximum atomic E-state index is 11.9. The van der Waals surface area contributed by atoms with Crippen LogP contribution in [0, 0.1) is 0 Å². The number of hydrogen-bond acceptors (Lipinski definition) is 9. The van der Waals surface area contributed by atoms with Gasteiger partial charge in [-0.3, -0.25) is 14.4 Å². The number of carbonyl (C=O) groups excluding carboxylic acids is 3. The molecule has 1 saturated heterocycles. The lowest BCUT2D eigenvalue weighted by Crippen LogP contribution is -2.57. The molecule has 1 heterocycles. The first-order valence-corrected chi connectivity index (χ1v) is 9.96. The SMILES string of the molecule is COc1cc(OC)c([C@H]2O[C@@H](C)[C@@H](OC(C)=O)[C@@H](OC(C)=O)[C@@H]2OC(C)=O)cc1Br. The van der Waals surface area contributed by atoms with Gasteiger partial charge in [0.2, 0.25) is 0 Å². The third-order valence-corrected chi connectivity index (χ3v) is 5.11. The molecule has 1 aromatic rings. The Hall–Kier alpha value is -2.33. The van der Waals surface area contributed by atoms with E-state index in [9.17, 15) is 14.4 Å². The maximum absolute atomic E-state index is 11.9. The summed E-state index contributed by atoms with van der Waals surface area (Å²) in [6.07, 6.45) is -4.71. The van der Waals surface area contributed by atoms with E-state index in [2.05, 4.69) is 15.9 Å². The minimum Gasteiger partial charge on any atom is -0.496 e. The topological polar surface area (TPSA) is 107 Å². The summed E-state index contributed by atoms with van der Waals surface area (Å²) < 4.78 is 33.8. The first-order valence-electron chi connectivity index (χ1n) is 9.17. The molecule has 0 aliphatic carbocycles. The van der Waals surface area contributed by atoms with Crippen LogP contribution in [0.3, 0.4) is 0 Å². The first-order chi connectivity index (χ1) is 14.1. The zero-order chi connectivity index (χ0) is 22.6. The number of hydrogen-bond donors (Lipinski definition) is 0. The van der Waals surface area contributed by atoms with Crippen LogP contribution in [0.25, 0.3) is 0 Å². The number of carbonyl (C=O) groups is 3. The molecule has 30 heavy (non-hydrogen) atoms. The van der Waals surface area contributed by atoms with Gasteiger partial charge in [-0.25, -0.2) is 0 Å². The van der Waals surface area contributed by atoms with Gasteiger partial charge in [-0.15, -0.1) is 0 Å². The molecule has 9 nitrogen and oxygen atoms in total. The number of methoxy groups -OCH3 is 2. The average molecular weight is 489 g/mol. The molecule has 0 N–H and O–H groups in total. The van der Waals surface area contributed by atoms with E-state index in [0.29, 0.717) is 21.5 Å². The van der Waals surface area contributed by atoms with Crippen molar-refractivity contribution in [3.05, 3.63) is 22.2 Å². The van der Waals surface area contributed by atoms with Gasteiger partial charge >= 0.3 is 17.9 Å². The fourth-order valence-corrected chi connectivity index (χ4v) is 3.89. The van der Waals surface area contributed by atoms with Crippen LogP contribution < -0.4 is 9.47 Å². The van der Waals surface area contributed by atoms with Crippen LogP contribution in [0.4, 0.5) is 0 Å². The van der Waals surface area contributed by atoms with Gasteiger partial charge < -0.3 is 28.4 Å². The summed E-state index contributed by atoms with van der Waals surface area (Å²) in [7, 11) is 2.99. The number of esters is 3. The Morgan fingerprint density at radius 3 is 1.83 bits per heavy atom. The first kappa shape index (κ1) is 23.9. The van der Waals surface area contributed by atoms with Gasteiger partial charge in [-0.1, -0.05) is 0 Å². The third kappa shape index (κ3) is 5.42. The fourth-order valence-electron chi connectivity index (χ4n) is 3.37. The Bertz CT molecular complexity index is 810. The predicted octanol–water partition coefficient (Wildman–Crippen LogP) is 2.72. The molecule has 0 unspecified atom stereocenters. The summed E-state index contributed by atoms with van der Waals surface area (Å²) in [6.45, 7) is 5.34. The highest BCUT2D eigenvalue weighted by atomic mass is 79.9. The van der Waals surface area contributed by atoms with E-state index in [4.69, 9.17) is 28.4 Å². The Balaban J connectivity index is 2.60. The Morgan fingerprint density at radius 1 is 0.833 bits per heavy atom. The van der Waals surface area contributed by atoms with Gasteiger partial charge in [-0.2, -0.15) is 0 Å². The van der Waals surface area contributed by atoms with Gasteiger partial charge in [0.1, 0.15) is 17.6 Å². The second-order valence-corrected chi connectivity index (χ2v) is 7.57. The monoisotopic (exact) mass is 488 g/mol. The second-order valence-electron chi connectivity index (χ2n) is 6.71. The van der Waals surface area contributed by atoms with Crippen molar-refractivity contribution < 1.29 is 42.8 Å².